The van der Waals surface area contributed by atoms with Crippen LogP contribution in [0.1, 0.15) is 51.4 Å². The van der Waals surface area contributed by atoms with Crippen molar-refractivity contribution in [2.24, 2.45) is 11.7 Å². The second kappa shape index (κ2) is 5.92. The fourth-order valence-corrected chi connectivity index (χ4v) is 3.32. The van der Waals surface area contributed by atoms with E-state index in [0.29, 0.717) is 13.0 Å². The van der Waals surface area contributed by atoms with E-state index in [-0.39, 0.29) is 25.3 Å². The molecule has 2 N–H and O–H groups in total. The lowest BCUT2D eigenvalue weighted by atomic mass is 9.79. The van der Waals surface area contributed by atoms with Gasteiger partial charge >= 0.3 is 6.18 Å². The molecule has 1 unspecified atom stereocenters. The smallest absolute Gasteiger partial charge is 0.342 e. The van der Waals surface area contributed by atoms with Crippen molar-refractivity contribution in [3.05, 3.63) is 0 Å². The maximum atomic E-state index is 12.7. The Morgan fingerprint density at radius 3 is 2.45 bits per heavy atom. The van der Waals surface area contributed by atoms with Crippen LogP contribution < -0.4 is 5.73 Å². The molecule has 6 heteroatoms. The summed E-state index contributed by atoms with van der Waals surface area (Å²) < 4.78 is 38.2. The minimum Gasteiger partial charge on any atom is -0.342 e. The van der Waals surface area contributed by atoms with Gasteiger partial charge in [0.1, 0.15) is 0 Å². The van der Waals surface area contributed by atoms with Crippen LogP contribution in [-0.4, -0.2) is 35.6 Å². The number of alkyl halides is 3. The number of carbonyl (C=O) groups excluding carboxylic acids is 1. The predicted octanol–water partition coefficient (Wildman–Crippen LogP) is 2.84. The molecule has 3 nitrogen and oxygen atoms in total. The van der Waals surface area contributed by atoms with Crippen LogP contribution in [0.2, 0.25) is 0 Å². The SMILES string of the molecule is NC1(CC(=O)N2CCCC(C(F)(F)F)C2)CCCCC1. The number of likely N-dealkylation sites (tertiary alicyclic amines) is 1. The molecule has 1 saturated heterocycles. The monoisotopic (exact) mass is 292 g/mol. The van der Waals surface area contributed by atoms with Gasteiger partial charge in [0.05, 0.1) is 5.92 Å². The van der Waals surface area contributed by atoms with Crippen LogP contribution in [-0.2, 0) is 4.79 Å². The van der Waals surface area contributed by atoms with Gasteiger partial charge in [-0.2, -0.15) is 13.2 Å². The quantitative estimate of drug-likeness (QED) is 0.850. The molecular formula is C14H23F3N2O. The first-order chi connectivity index (χ1) is 9.30. The van der Waals surface area contributed by atoms with E-state index in [0.717, 1.165) is 32.1 Å². The van der Waals surface area contributed by atoms with Crippen LogP contribution in [0, 0.1) is 5.92 Å². The molecule has 0 radical (unpaired) electrons. The Hall–Kier alpha value is -0.780. The molecule has 0 aromatic carbocycles. The lowest BCUT2D eigenvalue weighted by Gasteiger charge is -2.38. The molecule has 1 aliphatic heterocycles. The van der Waals surface area contributed by atoms with E-state index in [9.17, 15) is 18.0 Å². The topological polar surface area (TPSA) is 46.3 Å². The number of amides is 1. The van der Waals surface area contributed by atoms with Gasteiger partial charge in [0.15, 0.2) is 0 Å². The van der Waals surface area contributed by atoms with Crippen molar-refractivity contribution in [1.29, 1.82) is 0 Å². The van der Waals surface area contributed by atoms with E-state index in [1.165, 1.54) is 4.90 Å². The largest absolute Gasteiger partial charge is 0.393 e. The number of hydrogen-bond donors (Lipinski definition) is 1. The molecule has 2 aliphatic rings. The highest BCUT2D eigenvalue weighted by Crippen LogP contribution is 2.34. The Balaban J connectivity index is 1.91. The lowest BCUT2D eigenvalue weighted by molar-refractivity contribution is -0.188. The fourth-order valence-electron chi connectivity index (χ4n) is 3.32. The van der Waals surface area contributed by atoms with Gasteiger partial charge in [0.2, 0.25) is 5.91 Å². The van der Waals surface area contributed by atoms with Gasteiger partial charge < -0.3 is 10.6 Å². The van der Waals surface area contributed by atoms with E-state index in [1.807, 2.05) is 0 Å². The van der Waals surface area contributed by atoms with Gasteiger partial charge in [-0.1, -0.05) is 19.3 Å². The first-order valence-corrected chi connectivity index (χ1v) is 7.44. The number of nitrogens with two attached hydrogens (primary N) is 1. The second-order valence-corrected chi connectivity index (χ2v) is 6.32. The highest BCUT2D eigenvalue weighted by molar-refractivity contribution is 5.77. The summed E-state index contributed by atoms with van der Waals surface area (Å²) in [6, 6.07) is 0. The Kier molecular flexibility index (Phi) is 4.62. The number of rotatable bonds is 2. The maximum Gasteiger partial charge on any atom is 0.393 e. The predicted molar refractivity (Wildman–Crippen MR) is 70.0 cm³/mol. The molecule has 116 valence electrons. The minimum atomic E-state index is -4.20. The number of hydrogen-bond acceptors (Lipinski definition) is 2. The van der Waals surface area contributed by atoms with Crippen molar-refractivity contribution in [3.8, 4) is 0 Å². The summed E-state index contributed by atoms with van der Waals surface area (Å²) in [7, 11) is 0. The maximum absolute atomic E-state index is 12.7. The van der Waals surface area contributed by atoms with Gasteiger partial charge in [0.25, 0.3) is 0 Å². The first kappa shape index (κ1) is 15.6. The van der Waals surface area contributed by atoms with Crippen LogP contribution in [0.4, 0.5) is 13.2 Å². The molecule has 1 aliphatic carbocycles. The van der Waals surface area contributed by atoms with Crippen LogP contribution >= 0.6 is 0 Å². The molecule has 0 aromatic heterocycles. The average molecular weight is 292 g/mol. The van der Waals surface area contributed by atoms with Crippen molar-refractivity contribution in [2.45, 2.75) is 63.1 Å². The molecule has 0 aromatic rings. The zero-order chi connectivity index (χ0) is 14.8. The standard InChI is InChI=1S/C14H23F3N2O/c15-14(16,17)11-5-4-8-19(10-11)12(20)9-13(18)6-2-1-3-7-13/h11H,1-10,18H2. The van der Waals surface area contributed by atoms with Gasteiger partial charge in [-0.05, 0) is 25.7 Å². The molecule has 1 atom stereocenters. The molecular weight excluding hydrogens is 269 g/mol. The third kappa shape index (κ3) is 3.87. The van der Waals surface area contributed by atoms with Gasteiger partial charge in [-0.3, -0.25) is 4.79 Å². The van der Waals surface area contributed by atoms with Crippen molar-refractivity contribution < 1.29 is 18.0 Å². The zero-order valence-electron chi connectivity index (χ0n) is 11.7. The first-order valence-electron chi connectivity index (χ1n) is 7.44. The van der Waals surface area contributed by atoms with Crippen molar-refractivity contribution in [3.63, 3.8) is 0 Å². The second-order valence-electron chi connectivity index (χ2n) is 6.32. The summed E-state index contributed by atoms with van der Waals surface area (Å²) in [6.07, 6.45) is 1.29. The summed E-state index contributed by atoms with van der Waals surface area (Å²) in [5.74, 6) is -1.58. The van der Waals surface area contributed by atoms with Crippen LogP contribution in [0.3, 0.4) is 0 Å². The van der Waals surface area contributed by atoms with E-state index < -0.39 is 17.6 Å². The van der Waals surface area contributed by atoms with Gasteiger partial charge in [-0.25, -0.2) is 0 Å². The molecule has 1 heterocycles. The Bertz CT molecular complexity index is 351. The van der Waals surface area contributed by atoms with Crippen molar-refractivity contribution in [2.75, 3.05) is 13.1 Å². The Labute approximate surface area is 117 Å². The third-order valence-corrected chi connectivity index (χ3v) is 4.59. The van der Waals surface area contributed by atoms with Crippen LogP contribution in [0.15, 0.2) is 0 Å². The Morgan fingerprint density at radius 1 is 1.20 bits per heavy atom. The molecule has 2 fully saturated rings. The average Bonchev–Trinajstić information content (AvgIpc) is 2.38. The summed E-state index contributed by atoms with van der Waals surface area (Å²) in [4.78, 5) is 13.6. The van der Waals surface area contributed by atoms with E-state index >= 15 is 0 Å². The molecule has 1 saturated carbocycles. The third-order valence-electron chi connectivity index (χ3n) is 4.59. The zero-order valence-corrected chi connectivity index (χ0v) is 11.7. The summed E-state index contributed by atoms with van der Waals surface area (Å²) in [5, 5.41) is 0. The molecule has 1 amide bonds. The normalized spacial score (nSPS) is 27.4. The van der Waals surface area contributed by atoms with Gasteiger partial charge in [0, 0.05) is 25.0 Å². The summed E-state index contributed by atoms with van der Waals surface area (Å²) in [6.45, 7) is 0.236. The highest BCUT2D eigenvalue weighted by atomic mass is 19.4. The highest BCUT2D eigenvalue weighted by Gasteiger charge is 2.43. The van der Waals surface area contributed by atoms with Crippen LogP contribution in [0.5, 0.6) is 0 Å². The summed E-state index contributed by atoms with van der Waals surface area (Å²) in [5.41, 5.74) is 5.72. The van der Waals surface area contributed by atoms with Crippen LogP contribution in [0.25, 0.3) is 0 Å². The minimum absolute atomic E-state index is 0.126. The molecule has 0 spiro atoms. The fraction of sp³-hybridized carbons (Fsp3) is 0.929. The van der Waals surface area contributed by atoms with E-state index in [1.54, 1.807) is 0 Å². The molecule has 2 rings (SSSR count). The number of carbonyl (C=O) groups is 1. The molecule has 0 bridgehead atoms. The summed E-state index contributed by atoms with van der Waals surface area (Å²) >= 11 is 0. The number of halogens is 3. The van der Waals surface area contributed by atoms with Crippen molar-refractivity contribution in [1.82, 2.24) is 4.90 Å². The van der Waals surface area contributed by atoms with Gasteiger partial charge in [-0.15, -0.1) is 0 Å². The number of piperidine rings is 1. The van der Waals surface area contributed by atoms with E-state index in [4.69, 9.17) is 5.73 Å². The van der Waals surface area contributed by atoms with E-state index in [2.05, 4.69) is 0 Å². The Morgan fingerprint density at radius 2 is 1.85 bits per heavy atom. The number of nitrogens with zero attached hydrogens (tertiary/aromatic N) is 1. The van der Waals surface area contributed by atoms with Crippen molar-refractivity contribution >= 4 is 5.91 Å². The lowest BCUT2D eigenvalue weighted by Crippen LogP contribution is -2.50. The molecule has 20 heavy (non-hydrogen) atoms.